The maximum Gasteiger partial charge on any atom is 0.224 e. The van der Waals surface area contributed by atoms with Crippen LogP contribution in [0.1, 0.15) is 17.5 Å². The van der Waals surface area contributed by atoms with E-state index in [1.165, 1.54) is 0 Å². The van der Waals surface area contributed by atoms with Gasteiger partial charge in [-0.15, -0.1) is 12.3 Å². The molecule has 17 heavy (non-hydrogen) atoms. The molecule has 1 heterocycles. The van der Waals surface area contributed by atoms with Gasteiger partial charge in [-0.25, -0.2) is 0 Å². The van der Waals surface area contributed by atoms with Crippen LogP contribution in [-0.2, 0) is 11.3 Å². The maximum atomic E-state index is 11.7. The van der Waals surface area contributed by atoms with E-state index in [1.807, 2.05) is 25.1 Å². The monoisotopic (exact) mass is 247 g/mol. The molecule has 0 spiro atoms. The van der Waals surface area contributed by atoms with E-state index in [0.717, 1.165) is 11.1 Å². The van der Waals surface area contributed by atoms with Crippen molar-refractivity contribution in [3.8, 4) is 12.3 Å². The van der Waals surface area contributed by atoms with Crippen molar-refractivity contribution in [3.05, 3.63) is 34.3 Å². The van der Waals surface area contributed by atoms with Crippen LogP contribution in [0.25, 0.3) is 0 Å². The van der Waals surface area contributed by atoms with Crippen LogP contribution in [0.4, 0.5) is 0 Å². The number of hydrogen-bond donors (Lipinski definition) is 0. The Hall–Kier alpha value is -1.46. The molecule has 0 saturated carbocycles. The Bertz CT molecular complexity index is 489. The van der Waals surface area contributed by atoms with Gasteiger partial charge in [0.15, 0.2) is 0 Å². The van der Waals surface area contributed by atoms with Crippen molar-refractivity contribution in [3.63, 3.8) is 0 Å². The second kappa shape index (κ2) is 4.81. The van der Waals surface area contributed by atoms with Crippen molar-refractivity contribution < 1.29 is 4.79 Å². The van der Waals surface area contributed by atoms with Crippen molar-refractivity contribution in [2.45, 2.75) is 19.9 Å². The van der Waals surface area contributed by atoms with Gasteiger partial charge < -0.3 is 4.90 Å². The molecule has 0 aromatic heterocycles. The molecule has 1 aromatic carbocycles. The van der Waals surface area contributed by atoms with Crippen molar-refractivity contribution >= 4 is 17.5 Å². The van der Waals surface area contributed by atoms with Crippen LogP contribution < -0.4 is 0 Å². The molecule has 3 heteroatoms. The third-order valence-electron chi connectivity index (χ3n) is 3.02. The van der Waals surface area contributed by atoms with Crippen molar-refractivity contribution in [1.29, 1.82) is 0 Å². The number of benzene rings is 1. The average molecular weight is 248 g/mol. The van der Waals surface area contributed by atoms with E-state index in [1.54, 1.807) is 4.90 Å². The summed E-state index contributed by atoms with van der Waals surface area (Å²) >= 11 is 6.15. The lowest BCUT2D eigenvalue weighted by Gasteiger charge is -2.17. The minimum Gasteiger partial charge on any atom is -0.337 e. The molecule has 1 atom stereocenters. The third kappa shape index (κ3) is 2.62. The van der Waals surface area contributed by atoms with Gasteiger partial charge in [0, 0.05) is 30.5 Å². The van der Waals surface area contributed by atoms with Crippen LogP contribution >= 0.6 is 11.6 Å². The van der Waals surface area contributed by atoms with Gasteiger partial charge in [0.05, 0.1) is 0 Å². The molecule has 0 N–H and O–H groups in total. The zero-order valence-electron chi connectivity index (χ0n) is 9.74. The van der Waals surface area contributed by atoms with Crippen molar-refractivity contribution in [2.24, 2.45) is 5.92 Å². The molecule has 1 aliphatic rings. The van der Waals surface area contributed by atoms with Crippen LogP contribution in [0.5, 0.6) is 0 Å². The van der Waals surface area contributed by atoms with E-state index < -0.39 is 0 Å². The molecule has 2 rings (SSSR count). The second-order valence-electron chi connectivity index (χ2n) is 4.44. The summed E-state index contributed by atoms with van der Waals surface area (Å²) in [4.78, 5) is 13.5. The molecular formula is C14H14ClNO. The molecule has 88 valence electrons. The quantitative estimate of drug-likeness (QED) is 0.736. The van der Waals surface area contributed by atoms with E-state index in [4.69, 9.17) is 18.0 Å². The Kier molecular flexibility index (Phi) is 3.40. The third-order valence-corrected chi connectivity index (χ3v) is 3.37. The van der Waals surface area contributed by atoms with Crippen LogP contribution in [0.3, 0.4) is 0 Å². The lowest BCUT2D eigenvalue weighted by atomic mass is 10.1. The first kappa shape index (κ1) is 12.0. The highest BCUT2D eigenvalue weighted by atomic mass is 35.5. The average Bonchev–Trinajstić information content (AvgIpc) is 2.64. The molecule has 0 radical (unpaired) electrons. The summed E-state index contributed by atoms with van der Waals surface area (Å²) in [6.45, 7) is 3.18. The lowest BCUT2D eigenvalue weighted by molar-refractivity contribution is -0.128. The normalized spacial score (nSPS) is 19.5. The standard InChI is InChI=1S/C14H14ClNO/c1-3-11-7-14(17)16(8-11)9-12-5-4-10(2)6-13(12)15/h1,4-6,11H,7-9H2,2H3. The fourth-order valence-electron chi connectivity index (χ4n) is 2.02. The van der Waals surface area contributed by atoms with Crippen LogP contribution in [0.15, 0.2) is 18.2 Å². The first-order valence-corrected chi connectivity index (χ1v) is 5.97. The van der Waals surface area contributed by atoms with Gasteiger partial charge in [-0.3, -0.25) is 4.79 Å². The number of carbonyl (C=O) groups is 1. The van der Waals surface area contributed by atoms with Crippen molar-refractivity contribution in [2.75, 3.05) is 6.54 Å². The number of carbonyl (C=O) groups excluding carboxylic acids is 1. The van der Waals surface area contributed by atoms with Crippen LogP contribution in [0.2, 0.25) is 5.02 Å². The summed E-state index contributed by atoms with van der Waals surface area (Å²) in [5.74, 6) is 2.80. The molecule has 1 saturated heterocycles. The molecule has 1 unspecified atom stereocenters. The highest BCUT2D eigenvalue weighted by molar-refractivity contribution is 6.31. The maximum absolute atomic E-state index is 11.7. The van der Waals surface area contributed by atoms with E-state index in [0.29, 0.717) is 24.5 Å². The minimum atomic E-state index is 0.0479. The summed E-state index contributed by atoms with van der Waals surface area (Å²) in [6, 6.07) is 5.88. The van der Waals surface area contributed by atoms with Gasteiger partial charge in [0.25, 0.3) is 0 Å². The van der Waals surface area contributed by atoms with E-state index >= 15 is 0 Å². The molecular weight excluding hydrogens is 234 g/mol. The Morgan fingerprint density at radius 3 is 2.94 bits per heavy atom. The number of likely N-dealkylation sites (tertiary alicyclic amines) is 1. The number of rotatable bonds is 2. The zero-order chi connectivity index (χ0) is 12.4. The smallest absolute Gasteiger partial charge is 0.224 e. The van der Waals surface area contributed by atoms with E-state index in [9.17, 15) is 4.79 Å². The Morgan fingerprint density at radius 1 is 1.59 bits per heavy atom. The zero-order valence-corrected chi connectivity index (χ0v) is 10.5. The first-order valence-electron chi connectivity index (χ1n) is 5.59. The summed E-state index contributed by atoms with van der Waals surface area (Å²) in [5.41, 5.74) is 2.09. The van der Waals surface area contributed by atoms with Gasteiger partial charge in [-0.05, 0) is 24.1 Å². The topological polar surface area (TPSA) is 20.3 Å². The summed E-state index contributed by atoms with van der Waals surface area (Å²) in [6.07, 6.45) is 5.80. The largest absolute Gasteiger partial charge is 0.337 e. The Morgan fingerprint density at radius 2 is 2.35 bits per heavy atom. The predicted octanol–water partition coefficient (Wildman–Crippen LogP) is 2.63. The predicted molar refractivity (Wildman–Crippen MR) is 68.5 cm³/mol. The molecule has 1 amide bonds. The first-order chi connectivity index (χ1) is 8.10. The van der Waals surface area contributed by atoms with Gasteiger partial charge in [0.1, 0.15) is 0 Å². The SMILES string of the molecule is C#CC1CC(=O)N(Cc2ccc(C)cc2Cl)C1. The highest BCUT2D eigenvalue weighted by Crippen LogP contribution is 2.23. The summed E-state index contributed by atoms with van der Waals surface area (Å²) in [5, 5.41) is 0.710. The van der Waals surface area contributed by atoms with Gasteiger partial charge in [-0.1, -0.05) is 23.7 Å². The summed E-state index contributed by atoms with van der Waals surface area (Å²) < 4.78 is 0. The van der Waals surface area contributed by atoms with E-state index in [2.05, 4.69) is 5.92 Å². The number of nitrogens with zero attached hydrogens (tertiary/aromatic N) is 1. The number of hydrogen-bond acceptors (Lipinski definition) is 1. The molecule has 1 fully saturated rings. The molecule has 1 aromatic rings. The Balaban J connectivity index is 2.12. The number of aryl methyl sites for hydroxylation is 1. The molecule has 0 bridgehead atoms. The molecule has 2 nitrogen and oxygen atoms in total. The fraction of sp³-hybridized carbons (Fsp3) is 0.357. The van der Waals surface area contributed by atoms with Crippen LogP contribution in [0, 0.1) is 25.2 Å². The van der Waals surface area contributed by atoms with Gasteiger partial charge >= 0.3 is 0 Å². The fourth-order valence-corrected chi connectivity index (χ4v) is 2.32. The van der Waals surface area contributed by atoms with Crippen LogP contribution in [-0.4, -0.2) is 17.4 Å². The van der Waals surface area contributed by atoms with Crippen molar-refractivity contribution in [1.82, 2.24) is 4.90 Å². The summed E-state index contributed by atoms with van der Waals surface area (Å²) in [7, 11) is 0. The number of terminal acetylenes is 1. The highest BCUT2D eigenvalue weighted by Gasteiger charge is 2.28. The Labute approximate surface area is 107 Å². The molecule has 1 aliphatic heterocycles. The number of amides is 1. The lowest BCUT2D eigenvalue weighted by Crippen LogP contribution is -2.24. The number of halogens is 1. The van der Waals surface area contributed by atoms with E-state index in [-0.39, 0.29) is 11.8 Å². The van der Waals surface area contributed by atoms with Gasteiger partial charge in [-0.2, -0.15) is 0 Å². The molecule has 0 aliphatic carbocycles. The van der Waals surface area contributed by atoms with Gasteiger partial charge in [0.2, 0.25) is 5.91 Å². The second-order valence-corrected chi connectivity index (χ2v) is 4.84. The minimum absolute atomic E-state index is 0.0479.